The van der Waals surface area contributed by atoms with Crippen LogP contribution >= 0.6 is 11.8 Å². The van der Waals surface area contributed by atoms with E-state index >= 15 is 0 Å². The first kappa shape index (κ1) is 17.1. The molecule has 0 aliphatic carbocycles. The number of rotatable bonds is 8. The normalized spacial score (nSPS) is 16.2. The van der Waals surface area contributed by atoms with Crippen LogP contribution in [0.25, 0.3) is 0 Å². The predicted octanol–water partition coefficient (Wildman–Crippen LogP) is 3.50. The predicted molar refractivity (Wildman–Crippen MR) is 64.5 cm³/mol. The molecule has 0 bridgehead atoms. The standard InChI is InChI=1S/C11H21F3O2S/c1-5-17-10(4,7-16-9(2)3)6-15-8-11(12,13)14/h9H,5-8H2,1-4H3. The first-order chi connectivity index (χ1) is 7.68. The highest BCUT2D eigenvalue weighted by atomic mass is 32.2. The molecule has 0 amide bonds. The van der Waals surface area contributed by atoms with Gasteiger partial charge in [0.15, 0.2) is 0 Å². The zero-order chi connectivity index (χ0) is 13.5. The van der Waals surface area contributed by atoms with Gasteiger partial charge in [-0.05, 0) is 26.5 Å². The molecular weight excluding hydrogens is 253 g/mol. The largest absolute Gasteiger partial charge is 0.411 e. The van der Waals surface area contributed by atoms with Crippen molar-refractivity contribution < 1.29 is 22.6 Å². The fourth-order valence-corrected chi connectivity index (χ4v) is 2.21. The molecule has 0 aromatic rings. The van der Waals surface area contributed by atoms with Gasteiger partial charge in [0.1, 0.15) is 6.61 Å². The van der Waals surface area contributed by atoms with Crippen LogP contribution in [-0.2, 0) is 9.47 Å². The fraction of sp³-hybridized carbons (Fsp3) is 1.00. The molecule has 0 N–H and O–H groups in total. The van der Waals surface area contributed by atoms with E-state index in [1.165, 1.54) is 0 Å². The smallest absolute Gasteiger partial charge is 0.377 e. The van der Waals surface area contributed by atoms with Crippen molar-refractivity contribution in [2.75, 3.05) is 25.6 Å². The highest BCUT2D eigenvalue weighted by molar-refractivity contribution is 8.00. The van der Waals surface area contributed by atoms with Crippen molar-refractivity contribution in [3.8, 4) is 0 Å². The van der Waals surface area contributed by atoms with Gasteiger partial charge in [0.05, 0.1) is 24.1 Å². The van der Waals surface area contributed by atoms with E-state index in [-0.39, 0.29) is 12.7 Å². The van der Waals surface area contributed by atoms with Crippen molar-refractivity contribution in [2.45, 2.75) is 44.7 Å². The van der Waals surface area contributed by atoms with Crippen LogP contribution in [0, 0.1) is 0 Å². The Labute approximate surface area is 105 Å². The lowest BCUT2D eigenvalue weighted by atomic mass is 10.2. The molecule has 1 atom stereocenters. The summed E-state index contributed by atoms with van der Waals surface area (Å²) in [6.07, 6.45) is -4.20. The maximum atomic E-state index is 12.0. The van der Waals surface area contributed by atoms with E-state index in [1.54, 1.807) is 11.8 Å². The Balaban J connectivity index is 4.11. The number of alkyl halides is 3. The lowest BCUT2D eigenvalue weighted by Gasteiger charge is -2.29. The summed E-state index contributed by atoms with van der Waals surface area (Å²) in [5, 5.41) is 0. The number of halogens is 3. The second kappa shape index (κ2) is 7.48. The molecule has 6 heteroatoms. The van der Waals surface area contributed by atoms with Crippen LogP contribution in [0.3, 0.4) is 0 Å². The van der Waals surface area contributed by atoms with E-state index in [0.717, 1.165) is 5.75 Å². The summed E-state index contributed by atoms with van der Waals surface area (Å²) in [6.45, 7) is 6.84. The van der Waals surface area contributed by atoms with Gasteiger partial charge in [-0.2, -0.15) is 24.9 Å². The van der Waals surface area contributed by atoms with Gasteiger partial charge in [0.25, 0.3) is 0 Å². The van der Waals surface area contributed by atoms with E-state index in [1.807, 2.05) is 27.7 Å². The van der Waals surface area contributed by atoms with Crippen molar-refractivity contribution in [2.24, 2.45) is 0 Å². The summed E-state index contributed by atoms with van der Waals surface area (Å²) in [6, 6.07) is 0. The minimum atomic E-state index is -4.27. The summed E-state index contributed by atoms with van der Waals surface area (Å²) in [7, 11) is 0. The molecule has 0 saturated heterocycles. The number of hydrogen-bond acceptors (Lipinski definition) is 3. The second-order valence-corrected chi connectivity index (χ2v) is 6.20. The van der Waals surface area contributed by atoms with E-state index in [4.69, 9.17) is 9.47 Å². The summed E-state index contributed by atoms with van der Waals surface area (Å²) in [4.78, 5) is 0. The monoisotopic (exact) mass is 274 g/mol. The summed E-state index contributed by atoms with van der Waals surface area (Å²) < 4.78 is 45.7. The lowest BCUT2D eigenvalue weighted by molar-refractivity contribution is -0.176. The van der Waals surface area contributed by atoms with Crippen LogP contribution in [0.2, 0.25) is 0 Å². The highest BCUT2D eigenvalue weighted by Crippen LogP contribution is 2.27. The van der Waals surface area contributed by atoms with Crippen molar-refractivity contribution in [3.05, 3.63) is 0 Å². The van der Waals surface area contributed by atoms with Gasteiger partial charge in [-0.15, -0.1) is 0 Å². The summed E-state index contributed by atoms with van der Waals surface area (Å²) in [5.74, 6) is 0.813. The maximum Gasteiger partial charge on any atom is 0.411 e. The molecule has 0 spiro atoms. The van der Waals surface area contributed by atoms with Gasteiger partial charge >= 0.3 is 6.18 Å². The topological polar surface area (TPSA) is 18.5 Å². The molecule has 0 aliphatic rings. The number of hydrogen-bond donors (Lipinski definition) is 0. The SMILES string of the molecule is CCSC(C)(COCC(F)(F)F)COC(C)C. The van der Waals surface area contributed by atoms with E-state index < -0.39 is 17.5 Å². The third-order valence-corrected chi connectivity index (χ3v) is 3.11. The Morgan fingerprint density at radius 3 is 2.12 bits per heavy atom. The van der Waals surface area contributed by atoms with Crippen molar-refractivity contribution >= 4 is 11.8 Å². The maximum absolute atomic E-state index is 12.0. The lowest BCUT2D eigenvalue weighted by Crippen LogP contribution is -2.36. The second-order valence-electron chi connectivity index (χ2n) is 4.35. The molecule has 0 aliphatic heterocycles. The first-order valence-electron chi connectivity index (χ1n) is 5.58. The molecule has 0 radical (unpaired) electrons. The van der Waals surface area contributed by atoms with Crippen LogP contribution in [0.15, 0.2) is 0 Å². The molecule has 0 rings (SSSR count). The Kier molecular flexibility index (Phi) is 7.51. The van der Waals surface area contributed by atoms with Gasteiger partial charge in [-0.3, -0.25) is 0 Å². The Morgan fingerprint density at radius 2 is 1.71 bits per heavy atom. The average molecular weight is 274 g/mol. The van der Waals surface area contributed by atoms with Crippen LogP contribution in [-0.4, -0.2) is 42.6 Å². The molecule has 0 heterocycles. The van der Waals surface area contributed by atoms with Crippen molar-refractivity contribution in [1.29, 1.82) is 0 Å². The van der Waals surface area contributed by atoms with Crippen LogP contribution < -0.4 is 0 Å². The number of thioether (sulfide) groups is 1. The third-order valence-electron chi connectivity index (χ3n) is 1.89. The Hall–Kier alpha value is 0.0600. The molecule has 0 aromatic heterocycles. The molecule has 104 valence electrons. The van der Waals surface area contributed by atoms with Gasteiger partial charge in [0, 0.05) is 0 Å². The quantitative estimate of drug-likeness (QED) is 0.675. The van der Waals surface area contributed by atoms with Crippen LogP contribution in [0.4, 0.5) is 13.2 Å². The van der Waals surface area contributed by atoms with Gasteiger partial charge in [-0.25, -0.2) is 0 Å². The first-order valence-corrected chi connectivity index (χ1v) is 6.57. The summed E-state index contributed by atoms with van der Waals surface area (Å²) in [5.41, 5.74) is 0. The zero-order valence-electron chi connectivity index (χ0n) is 10.8. The molecule has 0 saturated carbocycles. The van der Waals surface area contributed by atoms with E-state index in [9.17, 15) is 13.2 Å². The van der Waals surface area contributed by atoms with Crippen LogP contribution in [0.1, 0.15) is 27.7 Å². The van der Waals surface area contributed by atoms with E-state index in [0.29, 0.717) is 6.61 Å². The molecule has 17 heavy (non-hydrogen) atoms. The molecule has 0 fully saturated rings. The average Bonchev–Trinajstić information content (AvgIpc) is 2.13. The third kappa shape index (κ3) is 9.73. The summed E-state index contributed by atoms with van der Waals surface area (Å²) >= 11 is 1.55. The Morgan fingerprint density at radius 1 is 1.12 bits per heavy atom. The minimum Gasteiger partial charge on any atom is -0.377 e. The zero-order valence-corrected chi connectivity index (χ0v) is 11.6. The van der Waals surface area contributed by atoms with Gasteiger partial charge in [-0.1, -0.05) is 6.92 Å². The molecule has 1 unspecified atom stereocenters. The molecule has 0 aromatic carbocycles. The van der Waals surface area contributed by atoms with Gasteiger partial charge in [0.2, 0.25) is 0 Å². The fourth-order valence-electron chi connectivity index (χ4n) is 1.20. The molecular formula is C11H21F3O2S. The van der Waals surface area contributed by atoms with Gasteiger partial charge < -0.3 is 9.47 Å². The van der Waals surface area contributed by atoms with Crippen molar-refractivity contribution in [1.82, 2.24) is 0 Å². The number of ether oxygens (including phenoxy) is 2. The van der Waals surface area contributed by atoms with E-state index in [2.05, 4.69) is 0 Å². The highest BCUT2D eigenvalue weighted by Gasteiger charge is 2.31. The van der Waals surface area contributed by atoms with Crippen LogP contribution in [0.5, 0.6) is 0 Å². The minimum absolute atomic E-state index is 0.0394. The molecule has 2 nitrogen and oxygen atoms in total. The Bertz CT molecular complexity index is 209. The van der Waals surface area contributed by atoms with Crippen molar-refractivity contribution in [3.63, 3.8) is 0 Å².